The molecule has 1 N–H and O–H groups in total. The van der Waals surface area contributed by atoms with Crippen molar-refractivity contribution < 1.29 is 14.3 Å². The van der Waals surface area contributed by atoms with Gasteiger partial charge in [0.05, 0.1) is 31.3 Å². The van der Waals surface area contributed by atoms with Crippen molar-refractivity contribution in [2.24, 2.45) is 5.92 Å². The number of nitrogens with zero attached hydrogens (tertiary/aromatic N) is 2. The Hall–Kier alpha value is -3.80. The maximum Gasteiger partial charge on any atom is 0.255 e. The first kappa shape index (κ1) is 22.0. The van der Waals surface area contributed by atoms with Crippen molar-refractivity contribution in [3.05, 3.63) is 77.6 Å². The third-order valence-electron chi connectivity index (χ3n) is 6.77. The number of imidazole rings is 1. The molecule has 0 unspecified atom stereocenters. The fourth-order valence-corrected chi connectivity index (χ4v) is 4.90. The van der Waals surface area contributed by atoms with Crippen molar-refractivity contribution in [2.45, 2.75) is 26.3 Å². The van der Waals surface area contributed by atoms with E-state index in [1.807, 2.05) is 41.3 Å². The van der Waals surface area contributed by atoms with E-state index in [0.29, 0.717) is 23.6 Å². The molecule has 1 amide bonds. The van der Waals surface area contributed by atoms with Crippen LogP contribution >= 0.6 is 0 Å². The molecule has 0 radical (unpaired) electrons. The van der Waals surface area contributed by atoms with E-state index in [1.54, 1.807) is 14.2 Å². The van der Waals surface area contributed by atoms with Crippen LogP contribution in [-0.2, 0) is 0 Å². The molecule has 0 aliphatic carbocycles. The van der Waals surface area contributed by atoms with Crippen LogP contribution < -0.4 is 9.47 Å². The van der Waals surface area contributed by atoms with Crippen LogP contribution in [0.25, 0.3) is 22.2 Å². The minimum absolute atomic E-state index is 0.0288. The molecule has 0 spiro atoms. The Kier molecular flexibility index (Phi) is 5.74. The molecule has 34 heavy (non-hydrogen) atoms. The SMILES string of the molecule is COc1cc2nc([C@@H]3[C@@H](C)CCN3C(=O)c3ccccc3-c3ccc(C)cc3)[nH]c2cc1OC. The summed E-state index contributed by atoms with van der Waals surface area (Å²) in [6.07, 6.45) is 0.923. The monoisotopic (exact) mass is 455 g/mol. The molecular weight excluding hydrogens is 426 g/mol. The van der Waals surface area contributed by atoms with Crippen molar-refractivity contribution in [3.63, 3.8) is 0 Å². The normalized spacial score (nSPS) is 17.8. The van der Waals surface area contributed by atoms with Crippen molar-refractivity contribution >= 4 is 16.9 Å². The summed E-state index contributed by atoms with van der Waals surface area (Å²) in [4.78, 5) is 24.2. The van der Waals surface area contributed by atoms with Gasteiger partial charge < -0.3 is 19.4 Å². The van der Waals surface area contributed by atoms with E-state index in [4.69, 9.17) is 14.5 Å². The van der Waals surface area contributed by atoms with Crippen LogP contribution in [-0.4, -0.2) is 41.5 Å². The molecule has 0 bridgehead atoms. The number of aromatic nitrogens is 2. The number of rotatable bonds is 5. The quantitative estimate of drug-likeness (QED) is 0.414. The number of nitrogens with one attached hydrogen (secondary N) is 1. The molecule has 2 heterocycles. The lowest BCUT2D eigenvalue weighted by atomic mass is 9.97. The first-order valence-corrected chi connectivity index (χ1v) is 11.6. The van der Waals surface area contributed by atoms with Gasteiger partial charge in [0.2, 0.25) is 0 Å². The van der Waals surface area contributed by atoms with Crippen LogP contribution in [0.4, 0.5) is 0 Å². The molecule has 1 fully saturated rings. The molecule has 174 valence electrons. The second-order valence-electron chi connectivity index (χ2n) is 8.97. The van der Waals surface area contributed by atoms with Gasteiger partial charge in [-0.2, -0.15) is 0 Å². The highest BCUT2D eigenvalue weighted by molar-refractivity contribution is 6.01. The van der Waals surface area contributed by atoms with Gasteiger partial charge in [-0.15, -0.1) is 0 Å². The molecule has 5 rings (SSSR count). The van der Waals surface area contributed by atoms with Crippen molar-refractivity contribution in [3.8, 4) is 22.6 Å². The van der Waals surface area contributed by atoms with E-state index >= 15 is 0 Å². The first-order chi connectivity index (χ1) is 16.5. The highest BCUT2D eigenvalue weighted by atomic mass is 16.5. The number of methoxy groups -OCH3 is 2. The number of hydrogen-bond donors (Lipinski definition) is 1. The highest BCUT2D eigenvalue weighted by Crippen LogP contribution is 2.40. The van der Waals surface area contributed by atoms with E-state index in [-0.39, 0.29) is 17.9 Å². The zero-order chi connectivity index (χ0) is 23.8. The van der Waals surface area contributed by atoms with Crippen molar-refractivity contribution in [1.82, 2.24) is 14.9 Å². The van der Waals surface area contributed by atoms with Gasteiger partial charge in [0.25, 0.3) is 5.91 Å². The molecule has 1 aromatic heterocycles. The number of likely N-dealkylation sites (tertiary alicyclic amines) is 1. The van der Waals surface area contributed by atoms with Crippen LogP contribution in [0, 0.1) is 12.8 Å². The van der Waals surface area contributed by atoms with Crippen molar-refractivity contribution in [2.75, 3.05) is 20.8 Å². The highest BCUT2D eigenvalue weighted by Gasteiger charge is 2.38. The van der Waals surface area contributed by atoms with Gasteiger partial charge in [-0.1, -0.05) is 55.0 Å². The molecule has 1 saturated heterocycles. The second-order valence-corrected chi connectivity index (χ2v) is 8.97. The molecule has 1 aliphatic rings. The summed E-state index contributed by atoms with van der Waals surface area (Å²) in [6.45, 7) is 4.93. The van der Waals surface area contributed by atoms with Gasteiger partial charge in [0.15, 0.2) is 11.5 Å². The van der Waals surface area contributed by atoms with Crippen molar-refractivity contribution in [1.29, 1.82) is 0 Å². The van der Waals surface area contributed by atoms with Gasteiger partial charge in [-0.25, -0.2) is 4.98 Å². The number of hydrogen-bond acceptors (Lipinski definition) is 4. The van der Waals surface area contributed by atoms with E-state index in [2.05, 4.69) is 43.1 Å². The summed E-state index contributed by atoms with van der Waals surface area (Å²) in [5, 5.41) is 0. The minimum Gasteiger partial charge on any atom is -0.493 e. The Balaban J connectivity index is 1.53. The molecular formula is C28H29N3O3. The van der Waals surface area contributed by atoms with Crippen LogP contribution in [0.5, 0.6) is 11.5 Å². The zero-order valence-electron chi connectivity index (χ0n) is 20.0. The number of aryl methyl sites for hydroxylation is 1. The number of amides is 1. The minimum atomic E-state index is -0.136. The summed E-state index contributed by atoms with van der Waals surface area (Å²) in [7, 11) is 3.23. The first-order valence-electron chi connectivity index (χ1n) is 11.6. The molecule has 0 saturated carbocycles. The van der Waals surface area contributed by atoms with E-state index in [9.17, 15) is 4.79 Å². The number of ether oxygens (including phenoxy) is 2. The summed E-state index contributed by atoms with van der Waals surface area (Å²) >= 11 is 0. The largest absolute Gasteiger partial charge is 0.493 e. The lowest BCUT2D eigenvalue weighted by molar-refractivity contribution is 0.0715. The average Bonchev–Trinajstić information content (AvgIpc) is 3.45. The Morgan fingerprint density at radius 1 is 1.03 bits per heavy atom. The summed E-state index contributed by atoms with van der Waals surface area (Å²) < 4.78 is 10.9. The number of benzene rings is 3. The third-order valence-corrected chi connectivity index (χ3v) is 6.77. The summed E-state index contributed by atoms with van der Waals surface area (Å²) in [5.74, 6) is 2.37. The van der Waals surface area contributed by atoms with E-state index in [1.165, 1.54) is 5.56 Å². The van der Waals surface area contributed by atoms with E-state index < -0.39 is 0 Å². The number of aromatic amines is 1. The molecule has 2 atom stereocenters. The van der Waals surface area contributed by atoms with Crippen LogP contribution in [0.3, 0.4) is 0 Å². The second kappa shape index (κ2) is 8.86. The number of carbonyl (C=O) groups excluding carboxylic acids is 1. The molecule has 1 aliphatic heterocycles. The summed E-state index contributed by atoms with van der Waals surface area (Å²) in [6, 6.07) is 19.8. The number of H-pyrrole nitrogens is 1. The van der Waals surface area contributed by atoms with Crippen LogP contribution in [0.2, 0.25) is 0 Å². The van der Waals surface area contributed by atoms with Gasteiger partial charge >= 0.3 is 0 Å². The fourth-order valence-electron chi connectivity index (χ4n) is 4.90. The number of fused-ring (bicyclic) bond motifs is 1. The maximum absolute atomic E-state index is 13.9. The lowest BCUT2D eigenvalue weighted by Crippen LogP contribution is -2.32. The Bertz CT molecular complexity index is 1300. The summed E-state index contributed by atoms with van der Waals surface area (Å²) in [5.41, 5.74) is 5.55. The Labute approximate surface area is 199 Å². The Morgan fingerprint density at radius 3 is 2.47 bits per heavy atom. The smallest absolute Gasteiger partial charge is 0.255 e. The molecule has 4 aromatic rings. The molecule has 3 aromatic carbocycles. The maximum atomic E-state index is 13.9. The Morgan fingerprint density at radius 2 is 1.74 bits per heavy atom. The predicted molar refractivity (Wildman–Crippen MR) is 133 cm³/mol. The third kappa shape index (κ3) is 3.79. The topological polar surface area (TPSA) is 67.5 Å². The number of carbonyl (C=O) groups is 1. The zero-order valence-corrected chi connectivity index (χ0v) is 20.0. The van der Waals surface area contributed by atoms with Crippen LogP contribution in [0.15, 0.2) is 60.7 Å². The standard InChI is InChI=1S/C28H29N3O3/c1-17-9-11-19(12-10-17)20-7-5-6-8-21(20)28(32)31-14-13-18(2)26(31)27-29-22-15-24(33-3)25(34-4)16-23(22)30-27/h5-12,15-16,18,26H,13-14H2,1-4H3,(H,29,30)/t18-,26-/m0/s1. The average molecular weight is 456 g/mol. The van der Waals surface area contributed by atoms with Crippen LogP contribution in [0.1, 0.15) is 41.1 Å². The molecule has 6 heteroatoms. The van der Waals surface area contributed by atoms with Gasteiger partial charge in [-0.05, 0) is 36.5 Å². The predicted octanol–water partition coefficient (Wildman–Crippen LogP) is 5.78. The van der Waals surface area contributed by atoms with Gasteiger partial charge in [-0.3, -0.25) is 4.79 Å². The van der Waals surface area contributed by atoms with Gasteiger partial charge in [0, 0.05) is 24.2 Å². The van der Waals surface area contributed by atoms with Gasteiger partial charge in [0.1, 0.15) is 5.82 Å². The van der Waals surface area contributed by atoms with E-state index in [0.717, 1.165) is 34.4 Å². The molecule has 6 nitrogen and oxygen atoms in total. The fraction of sp³-hybridized carbons (Fsp3) is 0.286. The lowest BCUT2D eigenvalue weighted by Gasteiger charge is -2.26.